The quantitative estimate of drug-likeness (QED) is 0.176. The molecule has 2 heterocycles. The van der Waals surface area contributed by atoms with Crippen LogP contribution in [0.5, 0.6) is 11.5 Å². The highest BCUT2D eigenvalue weighted by atomic mass is 35.5. The Kier molecular flexibility index (Phi) is 9.27. The van der Waals surface area contributed by atoms with Gasteiger partial charge in [0.05, 0.1) is 30.6 Å². The van der Waals surface area contributed by atoms with E-state index in [9.17, 15) is 9.59 Å². The van der Waals surface area contributed by atoms with E-state index in [4.69, 9.17) is 37.4 Å². The van der Waals surface area contributed by atoms with Crippen molar-refractivity contribution in [1.29, 1.82) is 0 Å². The molecular formula is C37H38Cl2FN5O5. The van der Waals surface area contributed by atoms with Gasteiger partial charge in [-0.15, -0.1) is 0 Å². The third-order valence-corrected chi connectivity index (χ3v) is 10.8. The zero-order valence-electron chi connectivity index (χ0n) is 28.3. The third kappa shape index (κ3) is 6.10. The van der Waals surface area contributed by atoms with E-state index in [1.807, 2.05) is 49.0 Å². The number of nitrogens with zero attached hydrogens (tertiary/aromatic N) is 3. The van der Waals surface area contributed by atoms with Crippen LogP contribution in [-0.4, -0.2) is 59.7 Å². The molecule has 262 valence electrons. The Labute approximate surface area is 299 Å². The first-order valence-electron chi connectivity index (χ1n) is 16.5. The summed E-state index contributed by atoms with van der Waals surface area (Å²) in [5, 5.41) is 6.34. The van der Waals surface area contributed by atoms with E-state index in [1.165, 1.54) is 14.2 Å². The Morgan fingerprint density at radius 1 is 1.04 bits per heavy atom. The number of imidazole rings is 1. The number of carbonyl (C=O) groups excluding carboxylic acids is 2. The van der Waals surface area contributed by atoms with Crippen molar-refractivity contribution in [3.05, 3.63) is 92.2 Å². The molecule has 2 aliphatic carbocycles. The largest absolute Gasteiger partial charge is 0.496 e. The molecule has 1 unspecified atom stereocenters. The molecule has 1 aliphatic heterocycles. The molecular weight excluding hydrogens is 684 g/mol. The first-order valence-corrected chi connectivity index (χ1v) is 17.3. The molecule has 0 bridgehead atoms. The summed E-state index contributed by atoms with van der Waals surface area (Å²) in [6.45, 7) is 1.64. The van der Waals surface area contributed by atoms with Gasteiger partial charge >= 0.3 is 5.97 Å². The maximum Gasteiger partial charge on any atom is 0.326 e. The van der Waals surface area contributed by atoms with Gasteiger partial charge in [-0.1, -0.05) is 53.5 Å². The molecule has 2 N–H and O–H groups in total. The Morgan fingerprint density at radius 3 is 2.54 bits per heavy atom. The number of benzene rings is 3. The molecule has 1 saturated carbocycles. The smallest absolute Gasteiger partial charge is 0.326 e. The van der Waals surface area contributed by atoms with E-state index in [0.29, 0.717) is 48.8 Å². The van der Waals surface area contributed by atoms with Crippen LogP contribution in [0.1, 0.15) is 64.1 Å². The minimum atomic E-state index is -0.816. The van der Waals surface area contributed by atoms with E-state index in [-0.39, 0.29) is 40.5 Å². The first-order chi connectivity index (χ1) is 24.0. The van der Waals surface area contributed by atoms with Crippen LogP contribution in [0.3, 0.4) is 0 Å². The highest BCUT2D eigenvalue weighted by molar-refractivity contribution is 6.36. The summed E-state index contributed by atoms with van der Waals surface area (Å²) in [4.78, 5) is 32.4. The average Bonchev–Trinajstić information content (AvgIpc) is 3.69. The summed E-state index contributed by atoms with van der Waals surface area (Å²) in [5.41, 5.74) is 5.53. The molecule has 1 aromatic heterocycles. The van der Waals surface area contributed by atoms with Crippen LogP contribution in [0.2, 0.25) is 10.0 Å². The van der Waals surface area contributed by atoms with E-state index in [2.05, 4.69) is 20.5 Å². The lowest BCUT2D eigenvalue weighted by Crippen LogP contribution is -2.39. The van der Waals surface area contributed by atoms with Crippen LogP contribution in [0.4, 0.5) is 10.1 Å². The maximum atomic E-state index is 15.7. The maximum absolute atomic E-state index is 15.7. The van der Waals surface area contributed by atoms with Crippen molar-refractivity contribution in [1.82, 2.24) is 19.8 Å². The van der Waals surface area contributed by atoms with Crippen LogP contribution < -0.4 is 20.1 Å². The minimum Gasteiger partial charge on any atom is -0.496 e. The number of halogens is 3. The third-order valence-electron chi connectivity index (χ3n) is 10.1. The lowest BCUT2D eigenvalue weighted by atomic mass is 9.96. The van der Waals surface area contributed by atoms with Gasteiger partial charge in [-0.25, -0.2) is 9.37 Å². The molecule has 0 spiro atoms. The normalized spacial score (nSPS) is 17.5. The number of ether oxygens (including phenoxy) is 3. The summed E-state index contributed by atoms with van der Waals surface area (Å²) >= 11 is 13.5. The predicted molar refractivity (Wildman–Crippen MR) is 189 cm³/mol. The van der Waals surface area contributed by atoms with Gasteiger partial charge in [-0.3, -0.25) is 14.9 Å². The Morgan fingerprint density at radius 2 is 1.80 bits per heavy atom. The molecule has 13 heteroatoms. The Hall–Kier alpha value is -4.16. The second kappa shape index (κ2) is 13.5. The fraction of sp³-hybridized carbons (Fsp3) is 0.378. The first kappa shape index (κ1) is 34.3. The Bertz CT molecular complexity index is 2010. The van der Waals surface area contributed by atoms with Crippen LogP contribution in [0.25, 0.3) is 11.1 Å². The minimum absolute atomic E-state index is 0.0291. The predicted octanol–water partition coefficient (Wildman–Crippen LogP) is 6.64. The number of nitrogens with one attached hydrogen (secondary N) is 2. The number of fused-ring (bicyclic) bond motifs is 2. The SMILES string of the molecule is COC(=O)C1(NCc2c(OC)cc(OC3CCc4c(-c5cccc(NC(=O)c6nc7c(n6C)CCN(C)C7)c5Cl)cccc43)c(Cl)c2F)CC1. The molecule has 3 aliphatic rings. The Balaban J connectivity index is 1.11. The van der Waals surface area contributed by atoms with Gasteiger partial charge in [0.2, 0.25) is 0 Å². The number of carbonyl (C=O) groups is 2. The van der Waals surface area contributed by atoms with Gasteiger partial charge in [0, 0.05) is 56.0 Å². The zero-order chi connectivity index (χ0) is 35.3. The zero-order valence-corrected chi connectivity index (χ0v) is 29.8. The average molecular weight is 723 g/mol. The van der Waals surface area contributed by atoms with Crippen molar-refractivity contribution in [2.24, 2.45) is 7.05 Å². The number of hydrogen-bond acceptors (Lipinski definition) is 8. The van der Waals surface area contributed by atoms with Crippen molar-refractivity contribution in [3.8, 4) is 22.6 Å². The lowest BCUT2D eigenvalue weighted by molar-refractivity contribution is -0.144. The van der Waals surface area contributed by atoms with Crippen LogP contribution in [0.15, 0.2) is 42.5 Å². The summed E-state index contributed by atoms with van der Waals surface area (Å²) in [6.07, 6.45) is 2.96. The van der Waals surface area contributed by atoms with Gasteiger partial charge in [0.25, 0.3) is 5.91 Å². The van der Waals surface area contributed by atoms with Crippen molar-refractivity contribution < 1.29 is 28.2 Å². The van der Waals surface area contributed by atoms with Crippen molar-refractivity contribution >= 4 is 40.8 Å². The van der Waals surface area contributed by atoms with E-state index in [0.717, 1.165) is 46.6 Å². The summed E-state index contributed by atoms with van der Waals surface area (Å²) < 4.78 is 34.4. The van der Waals surface area contributed by atoms with E-state index in [1.54, 1.807) is 12.1 Å². The number of methoxy groups -OCH3 is 2. The molecule has 3 aromatic carbocycles. The molecule has 1 atom stereocenters. The van der Waals surface area contributed by atoms with Gasteiger partial charge in [0.1, 0.15) is 28.2 Å². The van der Waals surface area contributed by atoms with Crippen LogP contribution >= 0.6 is 23.2 Å². The lowest BCUT2D eigenvalue weighted by Gasteiger charge is -2.21. The molecule has 7 rings (SSSR count). The number of anilines is 1. The standard InChI is InChI=1S/C37H38Cl2FN5O5/c1-44-16-13-27-26(19-44)42-34(45(27)2)35(46)43-25-10-6-9-23(31(25)38)20-7-5-8-22-21(20)11-12-28(22)50-30-17-29(48-3)24(33(40)32(30)39)18-41-37(14-15-37)36(47)49-4/h5-10,17,28,41H,11-16,18-19H2,1-4H3,(H,43,46). The number of esters is 1. The summed E-state index contributed by atoms with van der Waals surface area (Å²) in [7, 11) is 6.69. The fourth-order valence-electron chi connectivity index (χ4n) is 7.10. The monoisotopic (exact) mass is 721 g/mol. The number of hydrogen-bond donors (Lipinski definition) is 2. The summed E-state index contributed by atoms with van der Waals surface area (Å²) in [5.74, 6) is -0.623. The number of amides is 1. The van der Waals surface area contributed by atoms with E-state index < -0.39 is 17.5 Å². The number of aromatic nitrogens is 2. The fourth-order valence-corrected chi connectivity index (χ4v) is 7.59. The molecule has 4 aromatic rings. The van der Waals surface area contributed by atoms with Crippen molar-refractivity contribution in [2.45, 2.75) is 56.8 Å². The molecule has 1 fully saturated rings. The van der Waals surface area contributed by atoms with Gasteiger partial charge in [-0.2, -0.15) is 0 Å². The van der Waals surface area contributed by atoms with Gasteiger partial charge in [0.15, 0.2) is 11.6 Å². The van der Waals surface area contributed by atoms with E-state index >= 15 is 4.39 Å². The van der Waals surface area contributed by atoms with Crippen LogP contribution in [0, 0.1) is 5.82 Å². The summed E-state index contributed by atoms with van der Waals surface area (Å²) in [6, 6.07) is 13.1. The van der Waals surface area contributed by atoms with Gasteiger partial charge in [-0.05, 0) is 55.5 Å². The van der Waals surface area contributed by atoms with Crippen LogP contribution in [-0.2, 0) is 42.5 Å². The second-order valence-electron chi connectivity index (χ2n) is 13.1. The van der Waals surface area contributed by atoms with Crippen molar-refractivity contribution in [2.75, 3.05) is 33.1 Å². The highest BCUT2D eigenvalue weighted by Crippen LogP contribution is 2.46. The number of likely N-dealkylation sites (N-methyl/N-ethyl adjacent to an activating group) is 1. The molecule has 0 saturated heterocycles. The van der Waals surface area contributed by atoms with Gasteiger partial charge < -0.3 is 29.0 Å². The highest BCUT2D eigenvalue weighted by Gasteiger charge is 2.51. The topological polar surface area (TPSA) is 107 Å². The number of rotatable bonds is 10. The van der Waals surface area contributed by atoms with Crippen molar-refractivity contribution in [3.63, 3.8) is 0 Å². The molecule has 10 nitrogen and oxygen atoms in total. The molecule has 1 amide bonds. The second-order valence-corrected chi connectivity index (χ2v) is 13.9. The molecule has 0 radical (unpaired) electrons. The molecule has 50 heavy (non-hydrogen) atoms.